The van der Waals surface area contributed by atoms with E-state index in [-0.39, 0.29) is 12.3 Å². The number of hydrogen-bond acceptors (Lipinski definition) is 3. The highest BCUT2D eigenvalue weighted by atomic mass is 16.4. The highest BCUT2D eigenvalue weighted by Gasteiger charge is 2.30. The highest BCUT2D eigenvalue weighted by Crippen LogP contribution is 2.14. The molecule has 0 fully saturated rings. The number of amides is 1. The van der Waals surface area contributed by atoms with Gasteiger partial charge in [0.1, 0.15) is 12.1 Å². The number of aliphatic carboxylic acids is 1. The lowest BCUT2D eigenvalue weighted by Gasteiger charge is -2.27. The molecule has 0 spiro atoms. The number of likely N-dealkylation sites (N-methyl/N-ethyl adjacent to an activating group) is 1. The van der Waals surface area contributed by atoms with Gasteiger partial charge >= 0.3 is 5.97 Å². The Balaban J connectivity index is 2.14. The lowest BCUT2D eigenvalue weighted by molar-refractivity contribution is -0.150. The summed E-state index contributed by atoms with van der Waals surface area (Å²) < 4.78 is 1.51. The van der Waals surface area contributed by atoms with Gasteiger partial charge in [0.2, 0.25) is 5.91 Å². The molecule has 0 saturated heterocycles. The Hall–Kier alpha value is -2.63. The van der Waals surface area contributed by atoms with E-state index in [9.17, 15) is 14.7 Å². The molecular formula is C16H19N3O3. The number of carboxylic acid groups (broad SMARTS) is 1. The Bertz CT molecular complexity index is 625. The molecule has 2 rings (SSSR count). The zero-order valence-corrected chi connectivity index (χ0v) is 12.6. The molecule has 2 unspecified atom stereocenters. The monoisotopic (exact) mass is 301 g/mol. The SMILES string of the molecule is CC(C(=O)N(C)C(Cc1ccccc1)C(=O)O)n1cccn1. The second-order valence-corrected chi connectivity index (χ2v) is 5.15. The van der Waals surface area contributed by atoms with Crippen molar-refractivity contribution in [3.05, 3.63) is 54.4 Å². The minimum Gasteiger partial charge on any atom is -0.480 e. The summed E-state index contributed by atoms with van der Waals surface area (Å²) in [4.78, 5) is 25.3. The first-order chi connectivity index (χ1) is 10.5. The summed E-state index contributed by atoms with van der Waals surface area (Å²) in [6, 6.07) is 9.54. The molecule has 6 nitrogen and oxygen atoms in total. The summed E-state index contributed by atoms with van der Waals surface area (Å²) >= 11 is 0. The van der Waals surface area contributed by atoms with Gasteiger partial charge in [-0.2, -0.15) is 5.10 Å². The average Bonchev–Trinajstić information content (AvgIpc) is 3.05. The maximum Gasteiger partial charge on any atom is 0.326 e. The third kappa shape index (κ3) is 3.52. The topological polar surface area (TPSA) is 75.4 Å². The van der Waals surface area contributed by atoms with Crippen LogP contribution in [0.5, 0.6) is 0 Å². The zero-order chi connectivity index (χ0) is 16.1. The number of benzene rings is 1. The third-order valence-electron chi connectivity index (χ3n) is 3.65. The summed E-state index contributed by atoms with van der Waals surface area (Å²) in [7, 11) is 1.52. The molecule has 0 aliphatic rings. The van der Waals surface area contributed by atoms with E-state index in [2.05, 4.69) is 5.10 Å². The second-order valence-electron chi connectivity index (χ2n) is 5.15. The van der Waals surface area contributed by atoms with Crippen molar-refractivity contribution in [1.29, 1.82) is 0 Å². The van der Waals surface area contributed by atoms with Crippen LogP contribution in [0.4, 0.5) is 0 Å². The molecule has 6 heteroatoms. The third-order valence-corrected chi connectivity index (χ3v) is 3.65. The molecular weight excluding hydrogens is 282 g/mol. The lowest BCUT2D eigenvalue weighted by atomic mass is 10.0. The number of hydrogen-bond donors (Lipinski definition) is 1. The molecule has 1 heterocycles. The molecule has 116 valence electrons. The predicted molar refractivity (Wildman–Crippen MR) is 81.3 cm³/mol. The summed E-state index contributed by atoms with van der Waals surface area (Å²) in [6.45, 7) is 1.70. The van der Waals surface area contributed by atoms with Gasteiger partial charge in [-0.05, 0) is 18.6 Å². The number of carboxylic acids is 1. The fourth-order valence-corrected chi connectivity index (χ4v) is 2.30. The number of carbonyl (C=O) groups excluding carboxylic acids is 1. The molecule has 1 N–H and O–H groups in total. The molecule has 2 atom stereocenters. The molecule has 1 aromatic carbocycles. The van der Waals surface area contributed by atoms with Gasteiger partial charge in [-0.15, -0.1) is 0 Å². The Kier molecular flexibility index (Phi) is 4.93. The van der Waals surface area contributed by atoms with Crippen LogP contribution in [0.1, 0.15) is 18.5 Å². The van der Waals surface area contributed by atoms with E-state index in [4.69, 9.17) is 0 Å². The van der Waals surface area contributed by atoms with Crippen molar-refractivity contribution in [2.75, 3.05) is 7.05 Å². The van der Waals surface area contributed by atoms with E-state index >= 15 is 0 Å². The Morgan fingerprint density at radius 1 is 1.27 bits per heavy atom. The van der Waals surface area contributed by atoms with E-state index in [1.165, 1.54) is 16.6 Å². The fourth-order valence-electron chi connectivity index (χ4n) is 2.30. The van der Waals surface area contributed by atoms with E-state index in [1.807, 2.05) is 30.3 Å². The lowest BCUT2D eigenvalue weighted by Crippen LogP contribution is -2.46. The van der Waals surface area contributed by atoms with Gasteiger partial charge in [0.25, 0.3) is 0 Å². The van der Waals surface area contributed by atoms with Crippen molar-refractivity contribution in [3.63, 3.8) is 0 Å². The van der Waals surface area contributed by atoms with Gasteiger partial charge in [-0.3, -0.25) is 9.48 Å². The fraction of sp³-hybridized carbons (Fsp3) is 0.312. The van der Waals surface area contributed by atoms with Gasteiger partial charge in [-0.1, -0.05) is 30.3 Å². The Morgan fingerprint density at radius 3 is 2.50 bits per heavy atom. The van der Waals surface area contributed by atoms with Crippen LogP contribution in [0.15, 0.2) is 48.8 Å². The first-order valence-corrected chi connectivity index (χ1v) is 7.03. The van der Waals surface area contributed by atoms with Crippen molar-refractivity contribution in [2.24, 2.45) is 0 Å². The van der Waals surface area contributed by atoms with E-state index in [0.29, 0.717) is 0 Å². The van der Waals surface area contributed by atoms with Crippen molar-refractivity contribution in [3.8, 4) is 0 Å². The Labute approximate surface area is 129 Å². The minimum absolute atomic E-state index is 0.268. The van der Waals surface area contributed by atoms with Gasteiger partial charge in [0.05, 0.1) is 0 Å². The second kappa shape index (κ2) is 6.89. The zero-order valence-electron chi connectivity index (χ0n) is 12.6. The maximum atomic E-state index is 12.5. The smallest absolute Gasteiger partial charge is 0.326 e. The van der Waals surface area contributed by atoms with Crippen molar-refractivity contribution in [1.82, 2.24) is 14.7 Å². The van der Waals surface area contributed by atoms with Gasteiger partial charge in [-0.25, -0.2) is 4.79 Å². The van der Waals surface area contributed by atoms with Crippen LogP contribution in [0.25, 0.3) is 0 Å². The number of aromatic nitrogens is 2. The first kappa shape index (κ1) is 15.8. The van der Waals surface area contributed by atoms with Crippen molar-refractivity contribution in [2.45, 2.75) is 25.4 Å². The quantitative estimate of drug-likeness (QED) is 0.879. The van der Waals surface area contributed by atoms with Gasteiger partial charge in [0, 0.05) is 25.9 Å². The summed E-state index contributed by atoms with van der Waals surface area (Å²) in [6.07, 6.45) is 3.54. The van der Waals surface area contributed by atoms with Gasteiger partial charge < -0.3 is 10.0 Å². The number of nitrogens with zero attached hydrogens (tertiary/aromatic N) is 3. The number of rotatable bonds is 6. The average molecular weight is 301 g/mol. The van der Waals surface area contributed by atoms with E-state index in [0.717, 1.165) is 5.56 Å². The predicted octanol–water partition coefficient (Wildman–Crippen LogP) is 1.60. The van der Waals surface area contributed by atoms with Crippen LogP contribution in [0.2, 0.25) is 0 Å². The summed E-state index contributed by atoms with van der Waals surface area (Å²) in [5.41, 5.74) is 0.876. The van der Waals surface area contributed by atoms with Crippen molar-refractivity contribution < 1.29 is 14.7 Å². The van der Waals surface area contributed by atoms with Crippen LogP contribution in [-0.2, 0) is 16.0 Å². The first-order valence-electron chi connectivity index (χ1n) is 7.03. The summed E-state index contributed by atoms with van der Waals surface area (Å²) in [5, 5.41) is 13.5. The molecule has 1 amide bonds. The Morgan fingerprint density at radius 2 is 1.95 bits per heavy atom. The molecule has 2 aromatic rings. The van der Waals surface area contributed by atoms with Gasteiger partial charge in [0.15, 0.2) is 0 Å². The highest BCUT2D eigenvalue weighted by molar-refractivity contribution is 5.85. The van der Waals surface area contributed by atoms with E-state index in [1.54, 1.807) is 25.4 Å². The van der Waals surface area contributed by atoms with Crippen LogP contribution >= 0.6 is 0 Å². The standard InChI is InChI=1S/C16H19N3O3/c1-12(19-10-6-9-17-19)15(20)18(2)14(16(21)22)11-13-7-4-3-5-8-13/h3-10,12,14H,11H2,1-2H3,(H,21,22). The van der Waals surface area contributed by atoms with Crippen LogP contribution < -0.4 is 0 Å². The van der Waals surface area contributed by atoms with Crippen molar-refractivity contribution >= 4 is 11.9 Å². The number of carbonyl (C=O) groups is 2. The molecule has 0 radical (unpaired) electrons. The summed E-state index contributed by atoms with van der Waals surface area (Å²) in [5.74, 6) is -1.31. The minimum atomic E-state index is -1.02. The molecule has 0 aliphatic heterocycles. The van der Waals surface area contributed by atoms with E-state index < -0.39 is 18.1 Å². The molecule has 0 saturated carbocycles. The largest absolute Gasteiger partial charge is 0.480 e. The molecule has 0 aliphatic carbocycles. The molecule has 0 bridgehead atoms. The van der Waals surface area contributed by atoms with Crippen LogP contribution in [0, 0.1) is 0 Å². The maximum absolute atomic E-state index is 12.5. The molecule has 22 heavy (non-hydrogen) atoms. The molecule has 1 aromatic heterocycles. The normalized spacial score (nSPS) is 13.4. The van der Waals surface area contributed by atoms with Crippen LogP contribution in [-0.4, -0.2) is 44.8 Å². The van der Waals surface area contributed by atoms with Crippen LogP contribution in [0.3, 0.4) is 0 Å².